The standard InChI is InChI=1S/C16H18N2O3/c17-14(19)11-7-4-8-12-13(11)16(21)18(15(12)20)9-10-5-2-1-3-6-10/h4,7-8,10H,1-3,5-6,9H2,(H2,17,19). The number of nitrogens with two attached hydrogens (primary N) is 1. The van der Waals surface area contributed by atoms with Crippen LogP contribution in [0.3, 0.4) is 0 Å². The van der Waals surface area contributed by atoms with Crippen LogP contribution in [-0.4, -0.2) is 29.2 Å². The third-order valence-corrected chi connectivity index (χ3v) is 4.43. The summed E-state index contributed by atoms with van der Waals surface area (Å²) in [6, 6.07) is 4.67. The lowest BCUT2D eigenvalue weighted by atomic mass is 9.89. The molecule has 0 spiro atoms. The molecule has 110 valence electrons. The van der Waals surface area contributed by atoms with E-state index in [1.807, 2.05) is 0 Å². The third-order valence-electron chi connectivity index (χ3n) is 4.43. The van der Waals surface area contributed by atoms with Gasteiger partial charge in [0.25, 0.3) is 11.8 Å². The van der Waals surface area contributed by atoms with E-state index in [0.29, 0.717) is 18.0 Å². The second kappa shape index (κ2) is 5.31. The van der Waals surface area contributed by atoms with Gasteiger partial charge in [0.2, 0.25) is 5.91 Å². The minimum atomic E-state index is -0.674. The topological polar surface area (TPSA) is 80.5 Å². The molecule has 2 aliphatic rings. The first-order valence-electron chi connectivity index (χ1n) is 7.38. The maximum Gasteiger partial charge on any atom is 0.262 e. The number of benzene rings is 1. The number of imide groups is 1. The molecule has 2 N–H and O–H groups in total. The molecule has 5 nitrogen and oxygen atoms in total. The lowest BCUT2D eigenvalue weighted by Gasteiger charge is -2.25. The summed E-state index contributed by atoms with van der Waals surface area (Å²) in [5.41, 5.74) is 5.91. The van der Waals surface area contributed by atoms with Crippen LogP contribution in [-0.2, 0) is 0 Å². The van der Waals surface area contributed by atoms with Gasteiger partial charge < -0.3 is 5.73 Å². The fourth-order valence-corrected chi connectivity index (χ4v) is 3.33. The number of nitrogens with zero attached hydrogens (tertiary/aromatic N) is 1. The van der Waals surface area contributed by atoms with Crippen molar-refractivity contribution in [3.05, 3.63) is 34.9 Å². The van der Waals surface area contributed by atoms with E-state index in [1.165, 1.54) is 17.4 Å². The number of carbonyl (C=O) groups is 3. The molecule has 0 saturated heterocycles. The highest BCUT2D eigenvalue weighted by Gasteiger charge is 2.39. The fraction of sp³-hybridized carbons (Fsp3) is 0.438. The van der Waals surface area contributed by atoms with Crippen molar-refractivity contribution in [2.75, 3.05) is 6.54 Å². The van der Waals surface area contributed by atoms with Crippen molar-refractivity contribution >= 4 is 17.7 Å². The molecule has 21 heavy (non-hydrogen) atoms. The molecule has 0 radical (unpaired) electrons. The summed E-state index contributed by atoms with van der Waals surface area (Å²) in [6.45, 7) is 0.449. The predicted molar refractivity (Wildman–Crippen MR) is 76.9 cm³/mol. The highest BCUT2D eigenvalue weighted by Crippen LogP contribution is 2.30. The van der Waals surface area contributed by atoms with E-state index < -0.39 is 5.91 Å². The Morgan fingerprint density at radius 1 is 1.14 bits per heavy atom. The molecule has 1 aliphatic carbocycles. The summed E-state index contributed by atoms with van der Waals surface area (Å²) in [5.74, 6) is -0.982. The smallest absolute Gasteiger partial charge is 0.262 e. The Morgan fingerprint density at radius 2 is 1.86 bits per heavy atom. The van der Waals surface area contributed by atoms with Gasteiger partial charge in [0, 0.05) is 6.54 Å². The minimum Gasteiger partial charge on any atom is -0.366 e. The van der Waals surface area contributed by atoms with Crippen LogP contribution in [0.25, 0.3) is 0 Å². The molecule has 1 aliphatic heterocycles. The molecule has 1 saturated carbocycles. The molecule has 0 bridgehead atoms. The van der Waals surface area contributed by atoms with Crippen LogP contribution < -0.4 is 5.73 Å². The molecule has 5 heteroatoms. The molecule has 1 heterocycles. The molecule has 0 aromatic heterocycles. The molecule has 1 fully saturated rings. The van der Waals surface area contributed by atoms with Crippen molar-refractivity contribution in [1.82, 2.24) is 4.90 Å². The normalized spacial score (nSPS) is 19.0. The zero-order valence-electron chi connectivity index (χ0n) is 11.8. The van der Waals surface area contributed by atoms with Gasteiger partial charge in [-0.05, 0) is 30.9 Å². The van der Waals surface area contributed by atoms with Crippen molar-refractivity contribution in [2.24, 2.45) is 11.7 Å². The van der Waals surface area contributed by atoms with Crippen molar-refractivity contribution in [3.63, 3.8) is 0 Å². The Bertz CT molecular complexity index is 618. The third kappa shape index (κ3) is 2.33. The Balaban J connectivity index is 1.89. The quantitative estimate of drug-likeness (QED) is 0.862. The van der Waals surface area contributed by atoms with E-state index >= 15 is 0 Å². The summed E-state index contributed by atoms with van der Waals surface area (Å²) in [4.78, 5) is 37.6. The Hall–Kier alpha value is -2.17. The maximum atomic E-state index is 12.5. The molecular formula is C16H18N2O3. The summed E-state index contributed by atoms with van der Waals surface area (Å²) >= 11 is 0. The van der Waals surface area contributed by atoms with E-state index in [4.69, 9.17) is 5.73 Å². The van der Waals surface area contributed by atoms with Crippen molar-refractivity contribution in [1.29, 1.82) is 0 Å². The monoisotopic (exact) mass is 286 g/mol. The first-order chi connectivity index (χ1) is 10.1. The van der Waals surface area contributed by atoms with E-state index in [9.17, 15) is 14.4 Å². The number of hydrogen-bond acceptors (Lipinski definition) is 3. The second-order valence-corrected chi connectivity index (χ2v) is 5.82. The summed E-state index contributed by atoms with van der Waals surface area (Å²) in [5, 5.41) is 0. The zero-order chi connectivity index (χ0) is 15.0. The van der Waals surface area contributed by atoms with E-state index in [-0.39, 0.29) is 22.9 Å². The number of carbonyl (C=O) groups excluding carboxylic acids is 3. The first-order valence-corrected chi connectivity index (χ1v) is 7.38. The fourth-order valence-electron chi connectivity index (χ4n) is 3.33. The van der Waals surface area contributed by atoms with Crippen molar-refractivity contribution in [3.8, 4) is 0 Å². The summed E-state index contributed by atoms with van der Waals surface area (Å²) in [7, 11) is 0. The van der Waals surface area contributed by atoms with Crippen LogP contribution in [0.15, 0.2) is 18.2 Å². The highest BCUT2D eigenvalue weighted by molar-refractivity contribution is 6.24. The van der Waals surface area contributed by atoms with Gasteiger partial charge in [-0.15, -0.1) is 0 Å². The van der Waals surface area contributed by atoms with Crippen molar-refractivity contribution in [2.45, 2.75) is 32.1 Å². The minimum absolute atomic E-state index is 0.136. The molecule has 0 atom stereocenters. The predicted octanol–water partition coefficient (Wildman–Crippen LogP) is 1.96. The molecule has 3 amide bonds. The Labute approximate surface area is 123 Å². The average molecular weight is 286 g/mol. The number of fused-ring (bicyclic) bond motifs is 1. The van der Waals surface area contributed by atoms with Crippen LogP contribution in [0.5, 0.6) is 0 Å². The first kappa shape index (κ1) is 13.8. The Morgan fingerprint density at radius 3 is 2.52 bits per heavy atom. The van der Waals surface area contributed by atoms with Gasteiger partial charge in [-0.1, -0.05) is 25.3 Å². The number of hydrogen-bond donors (Lipinski definition) is 1. The van der Waals surface area contributed by atoms with Gasteiger partial charge in [0.15, 0.2) is 0 Å². The molecule has 0 unspecified atom stereocenters. The van der Waals surface area contributed by atoms with E-state index in [2.05, 4.69) is 0 Å². The SMILES string of the molecule is NC(=O)c1cccc2c1C(=O)N(CC1CCCCC1)C2=O. The van der Waals surface area contributed by atoms with Crippen LogP contribution in [0.4, 0.5) is 0 Å². The summed E-state index contributed by atoms with van der Waals surface area (Å²) in [6.07, 6.45) is 5.64. The molecule has 1 aromatic carbocycles. The zero-order valence-corrected chi connectivity index (χ0v) is 11.8. The largest absolute Gasteiger partial charge is 0.366 e. The molecular weight excluding hydrogens is 268 g/mol. The second-order valence-electron chi connectivity index (χ2n) is 5.82. The average Bonchev–Trinajstić information content (AvgIpc) is 2.73. The van der Waals surface area contributed by atoms with Crippen molar-refractivity contribution < 1.29 is 14.4 Å². The lowest BCUT2D eigenvalue weighted by Crippen LogP contribution is -2.35. The van der Waals surface area contributed by atoms with Gasteiger partial charge >= 0.3 is 0 Å². The van der Waals surface area contributed by atoms with E-state index in [1.54, 1.807) is 12.1 Å². The number of rotatable bonds is 3. The van der Waals surface area contributed by atoms with Crippen LogP contribution in [0.2, 0.25) is 0 Å². The van der Waals surface area contributed by atoms with Gasteiger partial charge in [0.1, 0.15) is 0 Å². The number of amides is 3. The highest BCUT2D eigenvalue weighted by atomic mass is 16.2. The number of primary amides is 1. The lowest BCUT2D eigenvalue weighted by molar-refractivity contribution is 0.0615. The van der Waals surface area contributed by atoms with Gasteiger partial charge in [-0.2, -0.15) is 0 Å². The van der Waals surface area contributed by atoms with Crippen LogP contribution in [0.1, 0.15) is 63.2 Å². The van der Waals surface area contributed by atoms with Crippen LogP contribution >= 0.6 is 0 Å². The molecule has 3 rings (SSSR count). The van der Waals surface area contributed by atoms with Gasteiger partial charge in [-0.25, -0.2) is 0 Å². The van der Waals surface area contributed by atoms with E-state index in [0.717, 1.165) is 25.7 Å². The summed E-state index contributed by atoms with van der Waals surface area (Å²) < 4.78 is 0. The maximum absolute atomic E-state index is 12.5. The van der Waals surface area contributed by atoms with Crippen LogP contribution in [0, 0.1) is 5.92 Å². The van der Waals surface area contributed by atoms with Gasteiger partial charge in [-0.3, -0.25) is 19.3 Å². The molecule has 1 aromatic rings. The Kier molecular flexibility index (Phi) is 3.49. The van der Waals surface area contributed by atoms with Gasteiger partial charge in [0.05, 0.1) is 16.7 Å².